The Hall–Kier alpha value is -3.16. The molecule has 1 aliphatic rings. The van der Waals surface area contributed by atoms with Crippen molar-refractivity contribution in [2.75, 3.05) is 30.8 Å². The van der Waals surface area contributed by atoms with Gasteiger partial charge in [0.05, 0.1) is 18.1 Å². The number of anilines is 2. The van der Waals surface area contributed by atoms with Gasteiger partial charge >= 0.3 is 0 Å². The Morgan fingerprint density at radius 1 is 1.24 bits per heavy atom. The maximum Gasteiger partial charge on any atom is 0.283 e. The molecule has 1 fully saturated rings. The van der Waals surface area contributed by atoms with Crippen LogP contribution in [0.25, 0.3) is 11.0 Å². The van der Waals surface area contributed by atoms with Gasteiger partial charge in [-0.1, -0.05) is 12.1 Å². The van der Waals surface area contributed by atoms with E-state index in [0.717, 1.165) is 25.9 Å². The van der Waals surface area contributed by atoms with E-state index >= 15 is 0 Å². The smallest absolute Gasteiger partial charge is 0.283 e. The average Bonchev–Trinajstić information content (AvgIpc) is 3.29. The minimum atomic E-state index is -0.342. The first-order valence-electron chi connectivity index (χ1n) is 8.13. The number of para-hydroxylation sites is 1. The number of carbonyl (C=O) groups excluding carboxylic acids is 1. The number of aromatic nitrogens is 4. The molecule has 1 saturated heterocycles. The fourth-order valence-electron chi connectivity index (χ4n) is 3.06. The van der Waals surface area contributed by atoms with Gasteiger partial charge in [-0.2, -0.15) is 9.67 Å². The van der Waals surface area contributed by atoms with Crippen LogP contribution in [0.15, 0.2) is 30.5 Å². The van der Waals surface area contributed by atoms with E-state index in [-0.39, 0.29) is 11.7 Å². The van der Waals surface area contributed by atoms with Gasteiger partial charge in [0.1, 0.15) is 5.75 Å². The molecule has 1 aliphatic heterocycles. The maximum atomic E-state index is 13.0. The molecule has 0 bridgehead atoms. The van der Waals surface area contributed by atoms with Crippen LogP contribution in [0.1, 0.15) is 23.2 Å². The van der Waals surface area contributed by atoms with E-state index in [0.29, 0.717) is 28.3 Å². The minimum absolute atomic E-state index is 0.228. The topological polar surface area (TPSA) is 99.2 Å². The second-order valence-corrected chi connectivity index (χ2v) is 5.90. The Kier molecular flexibility index (Phi) is 3.72. The van der Waals surface area contributed by atoms with Gasteiger partial charge in [0.15, 0.2) is 11.5 Å². The molecule has 0 radical (unpaired) electrons. The highest BCUT2D eigenvalue weighted by Gasteiger charge is 2.22. The predicted octanol–water partition coefficient (Wildman–Crippen LogP) is 1.71. The van der Waals surface area contributed by atoms with Crippen molar-refractivity contribution >= 4 is 28.7 Å². The Bertz CT molecular complexity index is 945. The number of fused-ring (bicyclic) bond motifs is 1. The average molecular weight is 338 g/mol. The lowest BCUT2D eigenvalue weighted by Gasteiger charge is -2.14. The number of hydrogen-bond donors (Lipinski definition) is 1. The third kappa shape index (κ3) is 2.55. The molecule has 128 valence electrons. The number of ether oxygens (including phenoxy) is 1. The molecule has 25 heavy (non-hydrogen) atoms. The summed E-state index contributed by atoms with van der Waals surface area (Å²) in [4.78, 5) is 24.0. The zero-order valence-electron chi connectivity index (χ0n) is 13.8. The molecule has 8 heteroatoms. The maximum absolute atomic E-state index is 13.0. The van der Waals surface area contributed by atoms with E-state index in [1.807, 2.05) is 0 Å². The molecule has 0 aliphatic carbocycles. The van der Waals surface area contributed by atoms with Crippen LogP contribution in [-0.4, -0.2) is 45.9 Å². The quantitative estimate of drug-likeness (QED) is 0.776. The van der Waals surface area contributed by atoms with Crippen molar-refractivity contribution in [1.29, 1.82) is 0 Å². The van der Waals surface area contributed by atoms with E-state index in [9.17, 15) is 4.79 Å². The number of benzene rings is 1. The van der Waals surface area contributed by atoms with Crippen LogP contribution >= 0.6 is 0 Å². The van der Waals surface area contributed by atoms with Crippen LogP contribution in [0, 0.1) is 0 Å². The van der Waals surface area contributed by atoms with Crippen molar-refractivity contribution in [2.24, 2.45) is 0 Å². The molecule has 2 aromatic heterocycles. The van der Waals surface area contributed by atoms with Crippen LogP contribution in [0.5, 0.6) is 5.75 Å². The number of rotatable bonds is 3. The Labute approximate surface area is 144 Å². The summed E-state index contributed by atoms with van der Waals surface area (Å²) in [5.74, 6) is 0.957. The number of nitrogen functional groups attached to an aromatic ring is 1. The van der Waals surface area contributed by atoms with Crippen molar-refractivity contribution in [1.82, 2.24) is 19.7 Å². The molecule has 4 rings (SSSR count). The summed E-state index contributed by atoms with van der Waals surface area (Å²) in [5, 5.41) is 4.74. The summed E-state index contributed by atoms with van der Waals surface area (Å²) in [6, 6.07) is 6.99. The molecule has 0 unspecified atom stereocenters. The zero-order valence-corrected chi connectivity index (χ0v) is 13.8. The van der Waals surface area contributed by atoms with Gasteiger partial charge in [0, 0.05) is 19.3 Å². The predicted molar refractivity (Wildman–Crippen MR) is 93.9 cm³/mol. The highest BCUT2D eigenvalue weighted by atomic mass is 16.5. The van der Waals surface area contributed by atoms with Crippen molar-refractivity contribution in [3.63, 3.8) is 0 Å². The summed E-state index contributed by atoms with van der Waals surface area (Å²) in [5.41, 5.74) is 6.76. The zero-order chi connectivity index (χ0) is 17.4. The second-order valence-electron chi connectivity index (χ2n) is 5.90. The molecular weight excluding hydrogens is 320 g/mol. The Balaban J connectivity index is 1.83. The third-order valence-electron chi connectivity index (χ3n) is 4.36. The molecule has 0 atom stereocenters. The largest absolute Gasteiger partial charge is 0.496 e. The highest BCUT2D eigenvalue weighted by Crippen LogP contribution is 2.25. The van der Waals surface area contributed by atoms with Gasteiger partial charge in [-0.15, -0.1) is 5.10 Å². The molecule has 3 aromatic rings. The Morgan fingerprint density at radius 2 is 2.00 bits per heavy atom. The van der Waals surface area contributed by atoms with Gasteiger partial charge in [-0.05, 0) is 25.0 Å². The van der Waals surface area contributed by atoms with Crippen molar-refractivity contribution < 1.29 is 9.53 Å². The number of methoxy groups -OCH3 is 1. The van der Waals surface area contributed by atoms with Gasteiger partial charge in [-0.3, -0.25) is 4.79 Å². The normalized spacial score (nSPS) is 14.2. The second kappa shape index (κ2) is 6.04. The fourth-order valence-corrected chi connectivity index (χ4v) is 3.06. The lowest BCUT2D eigenvalue weighted by Crippen LogP contribution is -2.21. The van der Waals surface area contributed by atoms with Crippen LogP contribution in [0.2, 0.25) is 0 Å². The fraction of sp³-hybridized carbons (Fsp3) is 0.294. The SMILES string of the molecule is COc1ccccc1C(=O)n1nc(N)c2cnc(N3CCCC3)nc21. The molecule has 0 saturated carbocycles. The lowest BCUT2D eigenvalue weighted by atomic mass is 10.2. The number of carbonyl (C=O) groups is 1. The van der Waals surface area contributed by atoms with Crippen LogP contribution in [0.4, 0.5) is 11.8 Å². The van der Waals surface area contributed by atoms with E-state index in [1.165, 1.54) is 11.8 Å². The van der Waals surface area contributed by atoms with Gasteiger partial charge in [0.25, 0.3) is 5.91 Å². The molecule has 3 heterocycles. The summed E-state index contributed by atoms with van der Waals surface area (Å²) < 4.78 is 6.50. The Morgan fingerprint density at radius 3 is 2.76 bits per heavy atom. The van der Waals surface area contributed by atoms with E-state index in [2.05, 4.69) is 20.0 Å². The molecule has 2 N–H and O–H groups in total. The summed E-state index contributed by atoms with van der Waals surface area (Å²) in [7, 11) is 1.52. The van der Waals surface area contributed by atoms with E-state index < -0.39 is 0 Å². The summed E-state index contributed by atoms with van der Waals surface area (Å²) >= 11 is 0. The third-order valence-corrected chi connectivity index (χ3v) is 4.36. The molecule has 8 nitrogen and oxygen atoms in total. The first kappa shape index (κ1) is 15.4. The van der Waals surface area contributed by atoms with Crippen LogP contribution < -0.4 is 15.4 Å². The van der Waals surface area contributed by atoms with Crippen LogP contribution in [-0.2, 0) is 0 Å². The monoisotopic (exact) mass is 338 g/mol. The van der Waals surface area contributed by atoms with Crippen molar-refractivity contribution in [3.8, 4) is 5.75 Å². The highest BCUT2D eigenvalue weighted by molar-refractivity contribution is 6.03. The van der Waals surface area contributed by atoms with Crippen molar-refractivity contribution in [3.05, 3.63) is 36.0 Å². The first-order chi connectivity index (χ1) is 12.2. The minimum Gasteiger partial charge on any atom is -0.496 e. The molecule has 0 spiro atoms. The summed E-state index contributed by atoms with van der Waals surface area (Å²) in [6.45, 7) is 1.82. The van der Waals surface area contributed by atoms with Gasteiger partial charge in [-0.25, -0.2) is 4.98 Å². The number of nitrogens with zero attached hydrogens (tertiary/aromatic N) is 5. The molecule has 1 aromatic carbocycles. The first-order valence-corrected chi connectivity index (χ1v) is 8.13. The number of nitrogens with two attached hydrogens (primary N) is 1. The summed E-state index contributed by atoms with van der Waals surface area (Å²) in [6.07, 6.45) is 3.86. The van der Waals surface area contributed by atoms with E-state index in [4.69, 9.17) is 10.5 Å². The van der Waals surface area contributed by atoms with E-state index in [1.54, 1.807) is 30.5 Å². The molecule has 0 amide bonds. The van der Waals surface area contributed by atoms with Crippen LogP contribution in [0.3, 0.4) is 0 Å². The van der Waals surface area contributed by atoms with Crippen molar-refractivity contribution in [2.45, 2.75) is 12.8 Å². The lowest BCUT2D eigenvalue weighted by molar-refractivity contribution is 0.0947. The number of hydrogen-bond acceptors (Lipinski definition) is 7. The molecular formula is C17H18N6O2. The standard InChI is InChI=1S/C17H18N6O2/c1-25-13-7-3-2-6-11(13)16(24)23-15-12(14(18)21-23)10-19-17(20-15)22-8-4-5-9-22/h2-3,6-7,10H,4-5,8-9H2,1H3,(H2,18,21). The van der Waals surface area contributed by atoms with Gasteiger partial charge < -0.3 is 15.4 Å². The van der Waals surface area contributed by atoms with Gasteiger partial charge in [0.2, 0.25) is 5.95 Å².